The van der Waals surface area contributed by atoms with E-state index in [0.29, 0.717) is 29.6 Å². The number of hydrogen-bond acceptors (Lipinski definition) is 3. The molecular weight excluding hydrogens is 302 g/mol. The van der Waals surface area contributed by atoms with Gasteiger partial charge in [-0.25, -0.2) is 4.99 Å². The molecule has 0 saturated heterocycles. The van der Waals surface area contributed by atoms with E-state index in [2.05, 4.69) is 15.6 Å². The number of rotatable bonds is 6. The van der Waals surface area contributed by atoms with Gasteiger partial charge in [-0.3, -0.25) is 0 Å². The number of aliphatic hydroxyl groups is 1. The second kappa shape index (κ2) is 8.46. The van der Waals surface area contributed by atoms with Crippen LogP contribution in [0.25, 0.3) is 0 Å². The molecular formula is C16H20ClN3O2. The van der Waals surface area contributed by atoms with Gasteiger partial charge in [0.25, 0.3) is 0 Å². The normalized spacial score (nSPS) is 13.0. The minimum absolute atomic E-state index is 0.313. The first-order valence-corrected chi connectivity index (χ1v) is 7.55. The lowest BCUT2D eigenvalue weighted by molar-refractivity contribution is 0.181. The van der Waals surface area contributed by atoms with Crippen molar-refractivity contribution in [3.8, 4) is 0 Å². The predicted molar refractivity (Wildman–Crippen MR) is 87.9 cm³/mol. The molecule has 3 N–H and O–H groups in total. The quantitative estimate of drug-likeness (QED) is 0.565. The molecule has 2 rings (SSSR count). The Morgan fingerprint density at radius 3 is 2.77 bits per heavy atom. The maximum atomic E-state index is 10.2. The van der Waals surface area contributed by atoms with Crippen molar-refractivity contribution in [1.82, 2.24) is 10.6 Å². The third-order valence-corrected chi connectivity index (χ3v) is 3.39. The van der Waals surface area contributed by atoms with Crippen LogP contribution in [0.15, 0.2) is 52.1 Å². The maximum absolute atomic E-state index is 10.2. The van der Waals surface area contributed by atoms with Crippen LogP contribution in [-0.2, 0) is 6.54 Å². The van der Waals surface area contributed by atoms with Gasteiger partial charge in [-0.05, 0) is 25.1 Å². The highest BCUT2D eigenvalue weighted by Gasteiger charge is 2.11. The molecule has 6 heteroatoms. The van der Waals surface area contributed by atoms with Crippen molar-refractivity contribution in [3.63, 3.8) is 0 Å². The average molecular weight is 322 g/mol. The summed E-state index contributed by atoms with van der Waals surface area (Å²) in [7, 11) is 0. The molecule has 2 aromatic rings. The van der Waals surface area contributed by atoms with Gasteiger partial charge in [0, 0.05) is 23.7 Å². The fourth-order valence-corrected chi connectivity index (χ4v) is 2.21. The molecule has 1 aromatic heterocycles. The zero-order valence-electron chi connectivity index (χ0n) is 12.4. The van der Waals surface area contributed by atoms with E-state index in [0.717, 1.165) is 12.3 Å². The standard InChI is InChI=1S/C16H20ClN3O2/c1-2-18-16(19-10-12-6-5-9-22-12)20-11-15(21)13-7-3-4-8-14(13)17/h3-9,15,21H,2,10-11H2,1H3,(H2,18,19,20). The lowest BCUT2D eigenvalue weighted by atomic mass is 10.1. The topological polar surface area (TPSA) is 69.8 Å². The van der Waals surface area contributed by atoms with Crippen molar-refractivity contribution in [2.24, 2.45) is 4.99 Å². The Morgan fingerprint density at radius 2 is 2.09 bits per heavy atom. The molecule has 0 saturated carbocycles. The van der Waals surface area contributed by atoms with E-state index in [9.17, 15) is 5.11 Å². The lowest BCUT2D eigenvalue weighted by Crippen LogP contribution is -2.39. The zero-order chi connectivity index (χ0) is 15.8. The fourth-order valence-electron chi connectivity index (χ4n) is 1.95. The second-order valence-electron chi connectivity index (χ2n) is 4.69. The van der Waals surface area contributed by atoms with Gasteiger partial charge in [0.15, 0.2) is 5.96 Å². The van der Waals surface area contributed by atoms with Crippen LogP contribution in [-0.4, -0.2) is 24.2 Å². The van der Waals surface area contributed by atoms with E-state index >= 15 is 0 Å². The summed E-state index contributed by atoms with van der Waals surface area (Å²) < 4.78 is 5.24. The number of benzene rings is 1. The van der Waals surface area contributed by atoms with Crippen molar-refractivity contribution in [2.45, 2.75) is 19.6 Å². The van der Waals surface area contributed by atoms with E-state index < -0.39 is 6.10 Å². The highest BCUT2D eigenvalue weighted by molar-refractivity contribution is 6.31. The molecule has 0 amide bonds. The first-order valence-electron chi connectivity index (χ1n) is 7.17. The molecule has 1 atom stereocenters. The van der Waals surface area contributed by atoms with Crippen LogP contribution in [0.3, 0.4) is 0 Å². The van der Waals surface area contributed by atoms with Crippen LogP contribution in [0.4, 0.5) is 0 Å². The maximum Gasteiger partial charge on any atom is 0.191 e. The summed E-state index contributed by atoms with van der Waals surface area (Å²) in [6.07, 6.45) is 0.910. The molecule has 0 aliphatic heterocycles. The number of nitrogens with zero attached hydrogens (tertiary/aromatic N) is 1. The van der Waals surface area contributed by atoms with Crippen LogP contribution in [0, 0.1) is 0 Å². The van der Waals surface area contributed by atoms with Gasteiger partial charge >= 0.3 is 0 Å². The fraction of sp³-hybridized carbons (Fsp3) is 0.312. The molecule has 0 aliphatic rings. The van der Waals surface area contributed by atoms with Gasteiger partial charge in [-0.2, -0.15) is 0 Å². The molecule has 1 unspecified atom stereocenters. The van der Waals surface area contributed by atoms with E-state index in [1.807, 2.05) is 37.3 Å². The third kappa shape index (κ3) is 4.79. The summed E-state index contributed by atoms with van der Waals surface area (Å²) in [4.78, 5) is 4.40. The van der Waals surface area contributed by atoms with E-state index in [1.165, 1.54) is 0 Å². The Bertz CT molecular complexity index is 599. The van der Waals surface area contributed by atoms with E-state index in [-0.39, 0.29) is 0 Å². The SMILES string of the molecule is CCNC(=NCc1ccco1)NCC(O)c1ccccc1Cl. The van der Waals surface area contributed by atoms with E-state index in [4.69, 9.17) is 16.0 Å². The number of guanidine groups is 1. The average Bonchev–Trinajstić information content (AvgIpc) is 3.03. The summed E-state index contributed by atoms with van der Waals surface area (Å²) in [5.74, 6) is 1.40. The summed E-state index contributed by atoms with van der Waals surface area (Å²) in [6, 6.07) is 10.9. The summed E-state index contributed by atoms with van der Waals surface area (Å²) in [5.41, 5.74) is 0.693. The smallest absolute Gasteiger partial charge is 0.191 e. The molecule has 1 aromatic carbocycles. The van der Waals surface area contributed by atoms with Gasteiger partial charge < -0.3 is 20.2 Å². The lowest BCUT2D eigenvalue weighted by Gasteiger charge is -2.16. The van der Waals surface area contributed by atoms with Crippen molar-refractivity contribution < 1.29 is 9.52 Å². The Morgan fingerprint density at radius 1 is 1.27 bits per heavy atom. The molecule has 5 nitrogen and oxygen atoms in total. The van der Waals surface area contributed by atoms with Crippen LogP contribution in [0.1, 0.15) is 24.4 Å². The zero-order valence-corrected chi connectivity index (χ0v) is 13.2. The molecule has 118 valence electrons. The van der Waals surface area contributed by atoms with Crippen molar-refractivity contribution in [2.75, 3.05) is 13.1 Å². The number of nitrogens with one attached hydrogen (secondary N) is 2. The van der Waals surface area contributed by atoms with Gasteiger partial charge in [-0.15, -0.1) is 0 Å². The molecule has 0 bridgehead atoms. The van der Waals surface area contributed by atoms with Crippen LogP contribution >= 0.6 is 11.6 Å². The first-order chi connectivity index (χ1) is 10.7. The van der Waals surface area contributed by atoms with Crippen LogP contribution in [0.2, 0.25) is 5.02 Å². The minimum Gasteiger partial charge on any atom is -0.467 e. The van der Waals surface area contributed by atoms with Crippen LogP contribution in [0.5, 0.6) is 0 Å². The Balaban J connectivity index is 1.93. The number of halogens is 1. The van der Waals surface area contributed by atoms with E-state index in [1.54, 1.807) is 12.3 Å². The van der Waals surface area contributed by atoms with Gasteiger partial charge in [-0.1, -0.05) is 29.8 Å². The van der Waals surface area contributed by atoms with Crippen molar-refractivity contribution in [1.29, 1.82) is 0 Å². The summed E-state index contributed by atoms with van der Waals surface area (Å²) in [5, 5.41) is 17.0. The summed E-state index contributed by atoms with van der Waals surface area (Å²) in [6.45, 7) is 3.46. The highest BCUT2D eigenvalue weighted by Crippen LogP contribution is 2.21. The first kappa shape index (κ1) is 16.4. The summed E-state index contributed by atoms with van der Waals surface area (Å²) >= 11 is 6.08. The molecule has 22 heavy (non-hydrogen) atoms. The monoisotopic (exact) mass is 321 g/mol. The second-order valence-corrected chi connectivity index (χ2v) is 5.10. The number of hydrogen-bond donors (Lipinski definition) is 3. The molecule has 0 radical (unpaired) electrons. The molecule has 0 spiro atoms. The Labute approximate surface area is 135 Å². The van der Waals surface area contributed by atoms with Crippen molar-refractivity contribution >= 4 is 17.6 Å². The largest absolute Gasteiger partial charge is 0.467 e. The van der Waals surface area contributed by atoms with Gasteiger partial charge in [0.2, 0.25) is 0 Å². The van der Waals surface area contributed by atoms with Crippen molar-refractivity contribution in [3.05, 3.63) is 59.0 Å². The van der Waals surface area contributed by atoms with Gasteiger partial charge in [0.1, 0.15) is 12.3 Å². The van der Waals surface area contributed by atoms with Crippen LogP contribution < -0.4 is 10.6 Å². The minimum atomic E-state index is -0.707. The third-order valence-electron chi connectivity index (χ3n) is 3.04. The Hall–Kier alpha value is -1.98. The molecule has 0 aliphatic carbocycles. The molecule has 0 fully saturated rings. The van der Waals surface area contributed by atoms with Gasteiger partial charge in [0.05, 0.1) is 12.4 Å². The number of aliphatic imine (C=N–C) groups is 1. The number of aliphatic hydroxyl groups excluding tert-OH is 1. The predicted octanol–water partition coefficient (Wildman–Crippen LogP) is 2.72. The molecule has 1 heterocycles. The Kier molecular flexibility index (Phi) is 6.30. The highest BCUT2D eigenvalue weighted by atomic mass is 35.5. The number of furan rings is 1.